The van der Waals surface area contributed by atoms with Gasteiger partial charge in [-0.1, -0.05) is 36.7 Å². The second-order valence-corrected chi connectivity index (χ2v) is 5.94. The maximum absolute atomic E-state index is 11.5. The number of hydrogen-bond donors (Lipinski definition) is 2. The van der Waals surface area contributed by atoms with E-state index in [-0.39, 0.29) is 5.75 Å². The SMILES string of the molecule is CCCNC(=O)NC(=O)COC(=O)CSCc1ccccc1Cl. The van der Waals surface area contributed by atoms with Gasteiger partial charge in [0.1, 0.15) is 0 Å². The Bertz CT molecular complexity index is 554. The van der Waals surface area contributed by atoms with E-state index < -0.39 is 24.5 Å². The molecule has 3 amide bonds. The van der Waals surface area contributed by atoms with Gasteiger partial charge in [0.05, 0.1) is 5.75 Å². The van der Waals surface area contributed by atoms with Gasteiger partial charge in [-0.3, -0.25) is 14.9 Å². The molecular weight excluding hydrogens is 340 g/mol. The lowest BCUT2D eigenvalue weighted by atomic mass is 10.2. The van der Waals surface area contributed by atoms with Crippen molar-refractivity contribution in [2.24, 2.45) is 0 Å². The molecule has 0 aliphatic carbocycles. The zero-order chi connectivity index (χ0) is 17.1. The number of rotatable bonds is 8. The molecule has 23 heavy (non-hydrogen) atoms. The first kappa shape index (κ1) is 19.3. The van der Waals surface area contributed by atoms with Crippen molar-refractivity contribution in [3.05, 3.63) is 34.9 Å². The third-order valence-corrected chi connectivity index (χ3v) is 3.91. The fourth-order valence-corrected chi connectivity index (χ4v) is 2.60. The van der Waals surface area contributed by atoms with Crippen LogP contribution in [0.5, 0.6) is 0 Å². The lowest BCUT2D eigenvalue weighted by Crippen LogP contribution is -2.41. The Morgan fingerprint density at radius 3 is 2.70 bits per heavy atom. The van der Waals surface area contributed by atoms with Crippen molar-refractivity contribution in [3.63, 3.8) is 0 Å². The third kappa shape index (κ3) is 8.47. The predicted molar refractivity (Wildman–Crippen MR) is 90.4 cm³/mol. The number of carbonyl (C=O) groups excluding carboxylic acids is 3. The van der Waals surface area contributed by atoms with E-state index in [2.05, 4.69) is 10.6 Å². The van der Waals surface area contributed by atoms with Gasteiger partial charge in [-0.25, -0.2) is 4.79 Å². The molecule has 1 rings (SSSR count). The molecule has 0 heterocycles. The van der Waals surface area contributed by atoms with Gasteiger partial charge in [-0.2, -0.15) is 0 Å². The fourth-order valence-electron chi connectivity index (χ4n) is 1.49. The van der Waals surface area contributed by atoms with E-state index in [4.69, 9.17) is 16.3 Å². The molecule has 0 aliphatic rings. The van der Waals surface area contributed by atoms with Crippen molar-refractivity contribution >= 4 is 41.3 Å². The summed E-state index contributed by atoms with van der Waals surface area (Å²) in [5.41, 5.74) is 0.928. The maximum Gasteiger partial charge on any atom is 0.321 e. The number of nitrogens with one attached hydrogen (secondary N) is 2. The van der Waals surface area contributed by atoms with Crippen LogP contribution in [0.1, 0.15) is 18.9 Å². The van der Waals surface area contributed by atoms with E-state index in [1.54, 1.807) is 6.07 Å². The Balaban J connectivity index is 2.18. The molecule has 1 aromatic rings. The summed E-state index contributed by atoms with van der Waals surface area (Å²) in [6.45, 7) is 1.88. The molecule has 0 saturated heterocycles. The summed E-state index contributed by atoms with van der Waals surface area (Å²) in [7, 11) is 0. The predicted octanol–water partition coefficient (Wildman–Crippen LogP) is 2.35. The van der Waals surface area contributed by atoms with Gasteiger partial charge >= 0.3 is 12.0 Å². The molecule has 0 atom stereocenters. The first-order valence-electron chi connectivity index (χ1n) is 7.07. The second-order valence-electron chi connectivity index (χ2n) is 4.55. The number of esters is 1. The summed E-state index contributed by atoms with van der Waals surface area (Å²) in [5.74, 6) is -0.518. The number of hydrogen-bond acceptors (Lipinski definition) is 5. The first-order chi connectivity index (χ1) is 11.0. The van der Waals surface area contributed by atoms with E-state index in [1.165, 1.54) is 11.8 Å². The largest absolute Gasteiger partial charge is 0.455 e. The Labute approximate surface area is 144 Å². The Morgan fingerprint density at radius 2 is 2.00 bits per heavy atom. The zero-order valence-electron chi connectivity index (χ0n) is 12.8. The highest BCUT2D eigenvalue weighted by Crippen LogP contribution is 2.20. The summed E-state index contributed by atoms with van der Waals surface area (Å²) in [6, 6.07) is 6.77. The molecule has 0 radical (unpaired) electrons. The van der Waals surface area contributed by atoms with Crippen LogP contribution in [0.3, 0.4) is 0 Å². The second kappa shape index (κ2) is 10.9. The first-order valence-corrected chi connectivity index (χ1v) is 8.60. The van der Waals surface area contributed by atoms with Crippen molar-refractivity contribution in [2.45, 2.75) is 19.1 Å². The minimum absolute atomic E-state index is 0.0978. The quantitative estimate of drug-likeness (QED) is 0.697. The van der Waals surface area contributed by atoms with Crippen LogP contribution < -0.4 is 10.6 Å². The van der Waals surface area contributed by atoms with Crippen LogP contribution in [-0.2, 0) is 20.1 Å². The van der Waals surface area contributed by atoms with Crippen LogP contribution in [-0.4, -0.2) is 36.8 Å². The van der Waals surface area contributed by atoms with Crippen molar-refractivity contribution in [2.75, 3.05) is 18.9 Å². The van der Waals surface area contributed by atoms with Gasteiger partial charge in [0.2, 0.25) is 0 Å². The van der Waals surface area contributed by atoms with Gasteiger partial charge in [-0.05, 0) is 18.1 Å². The standard InChI is InChI=1S/C15H19ClN2O4S/c1-2-7-17-15(21)18-13(19)8-22-14(20)10-23-9-11-5-3-4-6-12(11)16/h3-6H,2,7-10H2,1H3,(H2,17,18,19,21). The summed E-state index contributed by atoms with van der Waals surface area (Å²) < 4.78 is 4.79. The average molecular weight is 359 g/mol. The number of benzene rings is 1. The van der Waals surface area contributed by atoms with E-state index in [0.29, 0.717) is 17.3 Å². The summed E-state index contributed by atoms with van der Waals surface area (Å²) in [5, 5.41) is 5.19. The van der Waals surface area contributed by atoms with Crippen molar-refractivity contribution < 1.29 is 19.1 Å². The number of amides is 3. The Kier molecular flexibility index (Phi) is 9.16. The number of urea groups is 1. The van der Waals surface area contributed by atoms with Crippen LogP contribution >= 0.6 is 23.4 Å². The molecule has 0 bridgehead atoms. The molecule has 0 saturated carbocycles. The number of imide groups is 1. The molecule has 0 aliphatic heterocycles. The molecule has 8 heteroatoms. The van der Waals surface area contributed by atoms with E-state index in [0.717, 1.165) is 12.0 Å². The van der Waals surface area contributed by atoms with Crippen molar-refractivity contribution in [1.29, 1.82) is 0 Å². The molecule has 0 unspecified atom stereocenters. The molecule has 0 fully saturated rings. The molecule has 2 N–H and O–H groups in total. The smallest absolute Gasteiger partial charge is 0.321 e. The van der Waals surface area contributed by atoms with Gasteiger partial charge in [0, 0.05) is 17.3 Å². The van der Waals surface area contributed by atoms with Crippen LogP contribution in [0.25, 0.3) is 0 Å². The highest BCUT2D eigenvalue weighted by atomic mass is 35.5. The van der Waals surface area contributed by atoms with E-state index in [1.807, 2.05) is 25.1 Å². The van der Waals surface area contributed by atoms with Gasteiger partial charge < -0.3 is 10.1 Å². The lowest BCUT2D eigenvalue weighted by Gasteiger charge is -2.07. The zero-order valence-corrected chi connectivity index (χ0v) is 14.3. The average Bonchev–Trinajstić information content (AvgIpc) is 2.53. The molecule has 0 spiro atoms. The third-order valence-electron chi connectivity index (χ3n) is 2.59. The Morgan fingerprint density at radius 1 is 1.26 bits per heavy atom. The van der Waals surface area contributed by atoms with Crippen LogP contribution in [0.2, 0.25) is 5.02 Å². The number of halogens is 1. The molecule has 0 aromatic heterocycles. The maximum atomic E-state index is 11.5. The summed E-state index contributed by atoms with van der Waals surface area (Å²) in [6.07, 6.45) is 0.763. The van der Waals surface area contributed by atoms with Crippen LogP contribution in [0.15, 0.2) is 24.3 Å². The van der Waals surface area contributed by atoms with Gasteiger partial charge in [0.15, 0.2) is 6.61 Å². The minimum atomic E-state index is -0.664. The van der Waals surface area contributed by atoms with Crippen LogP contribution in [0.4, 0.5) is 4.79 Å². The number of ether oxygens (including phenoxy) is 1. The van der Waals surface area contributed by atoms with Crippen molar-refractivity contribution in [1.82, 2.24) is 10.6 Å². The lowest BCUT2D eigenvalue weighted by molar-refractivity contribution is -0.145. The van der Waals surface area contributed by atoms with Crippen LogP contribution in [0, 0.1) is 0 Å². The molecular formula is C15H19ClN2O4S. The van der Waals surface area contributed by atoms with E-state index >= 15 is 0 Å². The highest BCUT2D eigenvalue weighted by molar-refractivity contribution is 7.99. The molecule has 1 aromatic carbocycles. The molecule has 126 valence electrons. The minimum Gasteiger partial charge on any atom is -0.455 e. The normalized spacial score (nSPS) is 10.0. The monoisotopic (exact) mass is 358 g/mol. The summed E-state index contributed by atoms with van der Waals surface area (Å²) in [4.78, 5) is 34.1. The number of carbonyl (C=O) groups is 3. The Hall–Kier alpha value is -1.73. The van der Waals surface area contributed by atoms with Crippen molar-refractivity contribution in [3.8, 4) is 0 Å². The topological polar surface area (TPSA) is 84.5 Å². The fraction of sp³-hybridized carbons (Fsp3) is 0.400. The summed E-state index contributed by atoms with van der Waals surface area (Å²) >= 11 is 7.34. The molecule has 6 nitrogen and oxygen atoms in total. The highest BCUT2D eigenvalue weighted by Gasteiger charge is 2.11. The number of thioether (sulfide) groups is 1. The van der Waals surface area contributed by atoms with Gasteiger partial charge in [-0.15, -0.1) is 11.8 Å². The van der Waals surface area contributed by atoms with Gasteiger partial charge in [0.25, 0.3) is 5.91 Å². The van der Waals surface area contributed by atoms with E-state index in [9.17, 15) is 14.4 Å².